The molecule has 1 aliphatic rings. The molecule has 1 saturated heterocycles. The Balaban J connectivity index is 1.74. The van der Waals surface area contributed by atoms with E-state index in [1.54, 1.807) is 0 Å². The molecule has 1 aromatic rings. The molecule has 1 heterocycles. The molecule has 20 heavy (non-hydrogen) atoms. The number of rotatable bonds is 3. The Morgan fingerprint density at radius 2 is 1.55 bits per heavy atom. The maximum absolute atomic E-state index is 3.32. The van der Waals surface area contributed by atoms with Gasteiger partial charge < -0.3 is 0 Å². The maximum atomic E-state index is 3.32. The van der Waals surface area contributed by atoms with E-state index in [4.69, 9.17) is 0 Å². The average molecular weight is 270 g/mol. The molecule has 2 nitrogen and oxygen atoms in total. The quantitative estimate of drug-likeness (QED) is 0.779. The Morgan fingerprint density at radius 3 is 2.15 bits per heavy atom. The van der Waals surface area contributed by atoms with Crippen molar-refractivity contribution < 1.29 is 0 Å². The van der Waals surface area contributed by atoms with Crippen LogP contribution in [0.1, 0.15) is 26.3 Å². The summed E-state index contributed by atoms with van der Waals surface area (Å²) < 4.78 is 0. The van der Waals surface area contributed by atoms with Crippen molar-refractivity contribution in [1.29, 1.82) is 0 Å². The normalized spacial score (nSPS) is 17.6. The average Bonchev–Trinajstić information content (AvgIpc) is 2.41. The minimum atomic E-state index is 0.120. The smallest absolute Gasteiger partial charge is 0.0602 e. The Bertz CT molecular complexity index is 454. The monoisotopic (exact) mass is 270 g/mol. The van der Waals surface area contributed by atoms with Gasteiger partial charge in [0.1, 0.15) is 0 Å². The summed E-state index contributed by atoms with van der Waals surface area (Å²) in [6, 6.07) is 10.7. The summed E-state index contributed by atoms with van der Waals surface area (Å²) in [7, 11) is 0. The lowest BCUT2D eigenvalue weighted by Crippen LogP contribution is -2.45. The van der Waals surface area contributed by atoms with Crippen LogP contribution in [0.4, 0.5) is 0 Å². The third-order valence-corrected chi connectivity index (χ3v) is 3.48. The van der Waals surface area contributed by atoms with Crippen LogP contribution in [-0.2, 0) is 6.54 Å². The maximum Gasteiger partial charge on any atom is 0.0602 e. The molecule has 0 spiro atoms. The van der Waals surface area contributed by atoms with Crippen molar-refractivity contribution in [2.45, 2.75) is 27.3 Å². The lowest BCUT2D eigenvalue weighted by molar-refractivity contribution is 0.138. The Morgan fingerprint density at radius 1 is 0.950 bits per heavy atom. The molecule has 1 aliphatic heterocycles. The lowest BCUT2D eigenvalue weighted by Gasteiger charge is -2.33. The second-order valence-electron chi connectivity index (χ2n) is 6.59. The largest absolute Gasteiger partial charge is 0.297 e. The van der Waals surface area contributed by atoms with E-state index in [0.29, 0.717) is 0 Å². The van der Waals surface area contributed by atoms with Gasteiger partial charge in [0, 0.05) is 38.1 Å². The number of benzene rings is 1. The van der Waals surface area contributed by atoms with Crippen LogP contribution < -0.4 is 0 Å². The Labute approximate surface area is 123 Å². The van der Waals surface area contributed by atoms with E-state index in [9.17, 15) is 0 Å². The van der Waals surface area contributed by atoms with Gasteiger partial charge in [0.15, 0.2) is 0 Å². The summed E-state index contributed by atoms with van der Waals surface area (Å²) in [5, 5.41) is 0. The van der Waals surface area contributed by atoms with Gasteiger partial charge in [-0.1, -0.05) is 42.2 Å². The Hall–Kier alpha value is -1.30. The van der Waals surface area contributed by atoms with Gasteiger partial charge in [0.25, 0.3) is 0 Å². The van der Waals surface area contributed by atoms with Crippen LogP contribution >= 0.6 is 0 Å². The first kappa shape index (κ1) is 15.1. The number of piperazine rings is 1. The van der Waals surface area contributed by atoms with Crippen LogP contribution in [0.3, 0.4) is 0 Å². The molecule has 0 amide bonds. The zero-order chi connectivity index (χ0) is 14.4. The molecule has 0 unspecified atom stereocenters. The molecule has 2 heteroatoms. The van der Waals surface area contributed by atoms with Crippen molar-refractivity contribution in [3.8, 4) is 11.8 Å². The highest BCUT2D eigenvalue weighted by atomic mass is 15.3. The van der Waals surface area contributed by atoms with Crippen LogP contribution in [-0.4, -0.2) is 42.5 Å². The standard InChI is InChI=1S/C18H26N2/c1-18(2,3)10-7-11-19-12-14-20(15-13-19)16-17-8-5-4-6-9-17/h4-6,8-9H,11-16H2,1-3H3. The summed E-state index contributed by atoms with van der Waals surface area (Å²) in [5.41, 5.74) is 1.53. The number of nitrogens with zero attached hydrogens (tertiary/aromatic N) is 2. The van der Waals surface area contributed by atoms with E-state index >= 15 is 0 Å². The van der Waals surface area contributed by atoms with Crippen LogP contribution in [0.15, 0.2) is 30.3 Å². The van der Waals surface area contributed by atoms with E-state index < -0.39 is 0 Å². The van der Waals surface area contributed by atoms with E-state index in [1.165, 1.54) is 5.56 Å². The van der Waals surface area contributed by atoms with Gasteiger partial charge in [-0.25, -0.2) is 0 Å². The molecule has 0 atom stereocenters. The minimum absolute atomic E-state index is 0.120. The molecule has 0 bridgehead atoms. The zero-order valence-corrected chi connectivity index (χ0v) is 13.0. The highest BCUT2D eigenvalue weighted by Gasteiger charge is 2.16. The summed E-state index contributed by atoms with van der Waals surface area (Å²) in [5.74, 6) is 6.63. The molecule has 0 aromatic heterocycles. The molecule has 0 saturated carbocycles. The molecule has 2 rings (SSSR count). The summed E-state index contributed by atoms with van der Waals surface area (Å²) in [4.78, 5) is 4.99. The molecule has 108 valence electrons. The topological polar surface area (TPSA) is 6.48 Å². The first-order chi connectivity index (χ1) is 9.53. The van der Waals surface area contributed by atoms with Crippen molar-refractivity contribution in [2.24, 2.45) is 5.41 Å². The fourth-order valence-corrected chi connectivity index (χ4v) is 2.36. The van der Waals surface area contributed by atoms with Crippen molar-refractivity contribution >= 4 is 0 Å². The third kappa shape index (κ3) is 5.36. The van der Waals surface area contributed by atoms with Crippen molar-refractivity contribution in [2.75, 3.05) is 32.7 Å². The van der Waals surface area contributed by atoms with Crippen LogP contribution in [0.25, 0.3) is 0 Å². The molecule has 1 fully saturated rings. The second-order valence-corrected chi connectivity index (χ2v) is 6.59. The first-order valence-corrected chi connectivity index (χ1v) is 7.52. The van der Waals surface area contributed by atoms with Crippen molar-refractivity contribution in [3.05, 3.63) is 35.9 Å². The lowest BCUT2D eigenvalue weighted by atomic mass is 9.98. The van der Waals surface area contributed by atoms with Gasteiger partial charge >= 0.3 is 0 Å². The number of hydrogen-bond acceptors (Lipinski definition) is 2. The predicted octanol–water partition coefficient (Wildman–Crippen LogP) is 2.85. The highest BCUT2D eigenvalue weighted by Crippen LogP contribution is 2.10. The van der Waals surface area contributed by atoms with Gasteiger partial charge in [-0.2, -0.15) is 0 Å². The molecule has 0 radical (unpaired) electrons. The molecular formula is C18H26N2. The van der Waals surface area contributed by atoms with Crippen LogP contribution in [0.2, 0.25) is 0 Å². The van der Waals surface area contributed by atoms with Gasteiger partial charge in [0.2, 0.25) is 0 Å². The highest BCUT2D eigenvalue weighted by molar-refractivity contribution is 5.14. The fourth-order valence-electron chi connectivity index (χ4n) is 2.36. The SMILES string of the molecule is CC(C)(C)C#CCN1CCN(Cc2ccccc2)CC1. The van der Waals surface area contributed by atoms with Crippen LogP contribution in [0.5, 0.6) is 0 Å². The molecule has 0 aliphatic carbocycles. The van der Waals surface area contributed by atoms with E-state index in [-0.39, 0.29) is 5.41 Å². The summed E-state index contributed by atoms with van der Waals surface area (Å²) in [6.07, 6.45) is 0. The van der Waals surface area contributed by atoms with Crippen molar-refractivity contribution in [3.63, 3.8) is 0 Å². The van der Waals surface area contributed by atoms with Gasteiger partial charge in [-0.05, 0) is 26.3 Å². The van der Waals surface area contributed by atoms with Crippen molar-refractivity contribution in [1.82, 2.24) is 9.80 Å². The van der Waals surface area contributed by atoms with E-state index in [0.717, 1.165) is 39.3 Å². The van der Waals surface area contributed by atoms with Gasteiger partial charge in [-0.15, -0.1) is 0 Å². The third-order valence-electron chi connectivity index (χ3n) is 3.48. The van der Waals surface area contributed by atoms with Crippen LogP contribution in [0, 0.1) is 17.3 Å². The molecule has 1 aromatic carbocycles. The molecular weight excluding hydrogens is 244 g/mol. The van der Waals surface area contributed by atoms with Gasteiger partial charge in [-0.3, -0.25) is 9.80 Å². The Kier molecular flexibility index (Phi) is 5.23. The summed E-state index contributed by atoms with van der Waals surface area (Å²) >= 11 is 0. The molecule has 0 N–H and O–H groups in total. The zero-order valence-electron chi connectivity index (χ0n) is 13.0. The summed E-state index contributed by atoms with van der Waals surface area (Å²) in [6.45, 7) is 13.0. The van der Waals surface area contributed by atoms with Gasteiger partial charge in [0.05, 0.1) is 6.54 Å². The second kappa shape index (κ2) is 6.92. The van der Waals surface area contributed by atoms with E-state index in [2.05, 4.69) is 72.7 Å². The first-order valence-electron chi connectivity index (χ1n) is 7.52. The fraction of sp³-hybridized carbons (Fsp3) is 0.556. The predicted molar refractivity (Wildman–Crippen MR) is 85.4 cm³/mol. The van der Waals surface area contributed by atoms with E-state index in [1.807, 2.05) is 0 Å². The number of hydrogen-bond donors (Lipinski definition) is 0. The minimum Gasteiger partial charge on any atom is -0.297 e.